The second-order valence-electron chi connectivity index (χ2n) is 5.26. The summed E-state index contributed by atoms with van der Waals surface area (Å²) < 4.78 is 62.0. The van der Waals surface area contributed by atoms with Gasteiger partial charge in [-0.1, -0.05) is 11.6 Å². The Balaban J connectivity index is 2.02. The molecule has 0 fully saturated rings. The van der Waals surface area contributed by atoms with Gasteiger partial charge in [-0.05, 0) is 18.0 Å². The van der Waals surface area contributed by atoms with Crippen LogP contribution in [0.5, 0.6) is 0 Å². The fourth-order valence-electron chi connectivity index (χ4n) is 2.33. The summed E-state index contributed by atoms with van der Waals surface area (Å²) in [5.41, 5.74) is -1.22. The third-order valence-electron chi connectivity index (χ3n) is 3.45. The first-order valence-electron chi connectivity index (χ1n) is 6.93. The number of alkyl halides is 3. The summed E-state index contributed by atoms with van der Waals surface area (Å²) in [7, 11) is 0. The fourth-order valence-corrected chi connectivity index (χ4v) is 4.20. The number of hydrogen-bond donors (Lipinski definition) is 0. The van der Waals surface area contributed by atoms with Crippen molar-refractivity contribution in [1.29, 1.82) is 0 Å². The van der Waals surface area contributed by atoms with Gasteiger partial charge in [-0.3, -0.25) is 13.4 Å². The number of thiazole rings is 1. The number of aromatic nitrogens is 4. The van der Waals surface area contributed by atoms with E-state index < -0.39 is 28.5 Å². The summed E-state index contributed by atoms with van der Waals surface area (Å²) in [5, 5.41) is 3.13. The number of rotatable bonds is 4. The lowest BCUT2D eigenvalue weighted by Crippen LogP contribution is -2.19. The van der Waals surface area contributed by atoms with E-state index >= 15 is 0 Å². The van der Waals surface area contributed by atoms with Crippen LogP contribution in [0.2, 0.25) is 5.15 Å². The van der Waals surface area contributed by atoms with E-state index in [9.17, 15) is 26.7 Å². The van der Waals surface area contributed by atoms with Crippen LogP contribution in [0.4, 0.5) is 13.2 Å². The standard InChI is InChI=1S/C13H10ClF3N4O3S2/c1-6-8(5-26(23)24)21-11(22)2-7(18-12(21)25-6)4-20-10(14)3-9(19-20)13(15,16)17/h2-3H,4-5H2,1H3,(H,23,24)/p-1. The highest BCUT2D eigenvalue weighted by molar-refractivity contribution is 7.78. The molecule has 3 aromatic rings. The maximum absolute atomic E-state index is 12.7. The molecule has 0 saturated heterocycles. The second-order valence-corrected chi connectivity index (χ2v) is 7.73. The van der Waals surface area contributed by atoms with Gasteiger partial charge in [0.25, 0.3) is 5.56 Å². The lowest BCUT2D eigenvalue weighted by atomic mass is 10.4. The number of aryl methyl sites for hydroxylation is 1. The molecule has 0 spiro atoms. The second kappa shape index (κ2) is 6.76. The zero-order valence-electron chi connectivity index (χ0n) is 12.9. The van der Waals surface area contributed by atoms with Crippen molar-refractivity contribution in [1.82, 2.24) is 19.2 Å². The Morgan fingerprint density at radius 1 is 1.38 bits per heavy atom. The lowest BCUT2D eigenvalue weighted by Gasteiger charge is -2.07. The molecule has 3 aromatic heterocycles. The van der Waals surface area contributed by atoms with Gasteiger partial charge in [0.1, 0.15) is 5.15 Å². The van der Waals surface area contributed by atoms with Gasteiger partial charge in [0.2, 0.25) is 0 Å². The predicted octanol–water partition coefficient (Wildman–Crippen LogP) is 2.36. The van der Waals surface area contributed by atoms with Gasteiger partial charge in [-0.2, -0.15) is 18.3 Å². The quantitative estimate of drug-likeness (QED) is 0.598. The molecule has 0 aliphatic heterocycles. The molecule has 0 aliphatic carbocycles. The van der Waals surface area contributed by atoms with Crippen molar-refractivity contribution < 1.29 is 21.9 Å². The summed E-state index contributed by atoms with van der Waals surface area (Å²) in [6, 6.07) is 1.80. The van der Waals surface area contributed by atoms with Gasteiger partial charge in [0.15, 0.2) is 10.7 Å². The highest BCUT2D eigenvalue weighted by Gasteiger charge is 2.34. The van der Waals surface area contributed by atoms with Crippen LogP contribution in [0, 0.1) is 6.92 Å². The molecule has 7 nitrogen and oxygen atoms in total. The Bertz CT molecular complexity index is 1070. The lowest BCUT2D eigenvalue weighted by molar-refractivity contribution is -0.141. The topological polar surface area (TPSA) is 92.3 Å². The summed E-state index contributed by atoms with van der Waals surface area (Å²) in [4.78, 5) is 17.4. The van der Waals surface area contributed by atoms with Crippen LogP contribution >= 0.6 is 22.9 Å². The average Bonchev–Trinajstić information content (AvgIpc) is 3.00. The molecular weight excluding hydrogens is 417 g/mol. The molecule has 0 aliphatic rings. The molecule has 26 heavy (non-hydrogen) atoms. The Kier molecular flexibility index (Phi) is 4.94. The van der Waals surface area contributed by atoms with Crippen LogP contribution < -0.4 is 5.56 Å². The van der Waals surface area contributed by atoms with Gasteiger partial charge in [0, 0.05) is 17.0 Å². The molecule has 0 amide bonds. The van der Waals surface area contributed by atoms with Crippen LogP contribution in [0.3, 0.4) is 0 Å². The van der Waals surface area contributed by atoms with Crippen LogP contribution in [-0.2, 0) is 29.6 Å². The first-order valence-corrected chi connectivity index (χ1v) is 9.37. The largest absolute Gasteiger partial charge is 0.772 e. The van der Waals surface area contributed by atoms with E-state index in [0.717, 1.165) is 22.1 Å². The van der Waals surface area contributed by atoms with E-state index in [2.05, 4.69) is 10.1 Å². The van der Waals surface area contributed by atoms with Crippen molar-refractivity contribution >= 4 is 39.0 Å². The maximum atomic E-state index is 12.7. The van der Waals surface area contributed by atoms with Crippen LogP contribution in [0.15, 0.2) is 16.9 Å². The van der Waals surface area contributed by atoms with E-state index in [4.69, 9.17) is 11.6 Å². The van der Waals surface area contributed by atoms with Gasteiger partial charge in [-0.15, -0.1) is 11.3 Å². The van der Waals surface area contributed by atoms with Crippen molar-refractivity contribution in [3.8, 4) is 0 Å². The number of nitrogens with zero attached hydrogens (tertiary/aromatic N) is 4. The molecular formula is C13H9ClF3N4O3S2-. The smallest absolute Gasteiger partial charge is 0.435 e. The number of halogens is 4. The monoisotopic (exact) mass is 425 g/mol. The number of hydrogen-bond acceptors (Lipinski definition) is 6. The van der Waals surface area contributed by atoms with Crippen LogP contribution in [0.1, 0.15) is 22.0 Å². The highest BCUT2D eigenvalue weighted by atomic mass is 35.5. The van der Waals surface area contributed by atoms with Crippen molar-refractivity contribution in [3.05, 3.63) is 49.6 Å². The third kappa shape index (κ3) is 3.68. The SMILES string of the molecule is Cc1sc2nc(Cn3nc(C(F)(F)F)cc3Cl)cc(=O)n2c1CS(=O)[O-]. The Morgan fingerprint density at radius 2 is 2.08 bits per heavy atom. The van der Waals surface area contributed by atoms with E-state index in [1.54, 1.807) is 6.92 Å². The van der Waals surface area contributed by atoms with Crippen LogP contribution in [-0.4, -0.2) is 27.9 Å². The van der Waals surface area contributed by atoms with Crippen molar-refractivity contribution in [2.24, 2.45) is 0 Å². The molecule has 3 rings (SSSR count). The molecule has 140 valence electrons. The van der Waals surface area contributed by atoms with Gasteiger partial charge in [0.05, 0.1) is 23.7 Å². The van der Waals surface area contributed by atoms with E-state index in [1.165, 1.54) is 4.40 Å². The minimum absolute atomic E-state index is 0.157. The summed E-state index contributed by atoms with van der Waals surface area (Å²) >= 11 is 4.49. The summed E-state index contributed by atoms with van der Waals surface area (Å²) in [5.74, 6) is -0.341. The fraction of sp³-hybridized carbons (Fsp3) is 0.308. The third-order valence-corrected chi connectivity index (χ3v) is 5.26. The van der Waals surface area contributed by atoms with Crippen LogP contribution in [0.25, 0.3) is 4.96 Å². The van der Waals surface area contributed by atoms with Crippen molar-refractivity contribution in [2.75, 3.05) is 0 Å². The first-order chi connectivity index (χ1) is 12.1. The summed E-state index contributed by atoms with van der Waals surface area (Å²) in [6.45, 7) is 1.42. The highest BCUT2D eigenvalue weighted by Crippen LogP contribution is 2.30. The maximum Gasteiger partial charge on any atom is 0.435 e. The van der Waals surface area contributed by atoms with Gasteiger partial charge < -0.3 is 4.55 Å². The molecule has 0 bridgehead atoms. The first kappa shape index (κ1) is 19.0. The predicted molar refractivity (Wildman–Crippen MR) is 88.0 cm³/mol. The van der Waals surface area contributed by atoms with Gasteiger partial charge >= 0.3 is 6.18 Å². The van der Waals surface area contributed by atoms with E-state index in [1.807, 2.05) is 0 Å². The molecule has 0 N–H and O–H groups in total. The minimum Gasteiger partial charge on any atom is -0.772 e. The minimum atomic E-state index is -4.64. The van der Waals surface area contributed by atoms with Crippen molar-refractivity contribution in [3.63, 3.8) is 0 Å². The Morgan fingerprint density at radius 3 is 2.65 bits per heavy atom. The average molecular weight is 426 g/mol. The summed E-state index contributed by atoms with van der Waals surface area (Å²) in [6.07, 6.45) is -4.64. The van der Waals surface area contributed by atoms with Gasteiger partial charge in [-0.25, -0.2) is 9.67 Å². The van der Waals surface area contributed by atoms with Crippen molar-refractivity contribution in [2.45, 2.75) is 25.4 Å². The Hall–Kier alpha value is -1.76. The molecule has 0 radical (unpaired) electrons. The zero-order chi connectivity index (χ0) is 19.2. The molecule has 1 unspecified atom stereocenters. The normalized spacial score (nSPS) is 13.5. The zero-order valence-corrected chi connectivity index (χ0v) is 15.3. The molecule has 1 atom stereocenters. The molecule has 13 heteroatoms. The molecule has 0 aromatic carbocycles. The van der Waals surface area contributed by atoms with E-state index in [0.29, 0.717) is 16.6 Å². The van der Waals surface area contributed by atoms with E-state index in [-0.39, 0.29) is 28.1 Å². The molecule has 0 saturated carbocycles. The molecule has 3 heterocycles. The Labute approximate surface area is 155 Å². The number of fused-ring (bicyclic) bond motifs is 1.